The molecular weight excluding hydrogens is 448 g/mol. The number of amides is 3. The molecule has 3 amide bonds. The third kappa shape index (κ3) is 4.20. The quantitative estimate of drug-likeness (QED) is 0.285. The third-order valence-corrected chi connectivity index (χ3v) is 6.98. The topological polar surface area (TPSA) is 93.2 Å². The monoisotopic (exact) mass is 474 g/mol. The van der Waals surface area contributed by atoms with Crippen molar-refractivity contribution in [3.05, 3.63) is 60.2 Å². The number of allylic oxidation sites excluding steroid dienone is 2. The van der Waals surface area contributed by atoms with Crippen molar-refractivity contribution in [2.45, 2.75) is 26.2 Å². The van der Waals surface area contributed by atoms with Crippen molar-refractivity contribution in [1.82, 2.24) is 0 Å². The fourth-order valence-electron chi connectivity index (χ4n) is 5.03. The van der Waals surface area contributed by atoms with Crippen LogP contribution in [0.25, 0.3) is 0 Å². The van der Waals surface area contributed by atoms with Crippen LogP contribution in [0.2, 0.25) is 0 Å². The van der Waals surface area contributed by atoms with Gasteiger partial charge in [-0.2, -0.15) is 0 Å². The number of methoxy groups -OCH3 is 1. The average molecular weight is 475 g/mol. The Morgan fingerprint density at radius 3 is 2.17 bits per heavy atom. The van der Waals surface area contributed by atoms with Crippen LogP contribution in [0, 0.1) is 17.8 Å². The maximum absolute atomic E-state index is 12.9. The van der Waals surface area contributed by atoms with Gasteiger partial charge in [-0.15, -0.1) is 0 Å². The lowest BCUT2D eigenvalue weighted by Gasteiger charge is -2.18. The number of anilines is 2. The summed E-state index contributed by atoms with van der Waals surface area (Å²) in [4.78, 5) is 53.8. The molecule has 0 bridgehead atoms. The molecule has 5 rings (SSSR count). The van der Waals surface area contributed by atoms with Crippen LogP contribution in [0.5, 0.6) is 11.5 Å². The Hall–Kier alpha value is -3.94. The van der Waals surface area contributed by atoms with E-state index >= 15 is 0 Å². The molecule has 2 heterocycles. The predicted molar refractivity (Wildman–Crippen MR) is 128 cm³/mol. The molecule has 3 atom stereocenters. The second-order valence-corrected chi connectivity index (χ2v) is 9.23. The van der Waals surface area contributed by atoms with Gasteiger partial charge in [0.1, 0.15) is 11.5 Å². The van der Waals surface area contributed by atoms with Crippen molar-refractivity contribution in [1.29, 1.82) is 0 Å². The lowest BCUT2D eigenvalue weighted by molar-refractivity contribution is -0.139. The number of fused-ring (bicyclic) bond motifs is 1. The number of hydrogen-bond acceptors (Lipinski definition) is 6. The maximum Gasteiger partial charge on any atom is 0.316 e. The van der Waals surface area contributed by atoms with Crippen LogP contribution in [0.1, 0.15) is 26.2 Å². The van der Waals surface area contributed by atoms with E-state index in [2.05, 4.69) is 0 Å². The van der Waals surface area contributed by atoms with Crippen LogP contribution in [-0.4, -0.2) is 37.3 Å². The Bertz CT molecular complexity index is 1220. The first-order valence-corrected chi connectivity index (χ1v) is 11.7. The zero-order chi connectivity index (χ0) is 24.7. The van der Waals surface area contributed by atoms with Gasteiger partial charge >= 0.3 is 5.97 Å². The van der Waals surface area contributed by atoms with E-state index in [-0.39, 0.29) is 42.5 Å². The molecule has 3 aliphatic rings. The molecule has 0 aromatic heterocycles. The number of esters is 1. The summed E-state index contributed by atoms with van der Waals surface area (Å²) in [6, 6.07) is 13.4. The lowest BCUT2D eigenvalue weighted by Crippen LogP contribution is -2.30. The van der Waals surface area contributed by atoms with Gasteiger partial charge in [-0.3, -0.25) is 24.1 Å². The Kier molecular flexibility index (Phi) is 5.88. The van der Waals surface area contributed by atoms with Crippen molar-refractivity contribution in [3.8, 4) is 11.5 Å². The van der Waals surface area contributed by atoms with Crippen LogP contribution >= 0.6 is 0 Å². The minimum Gasteiger partial charge on any atom is -0.497 e. The Morgan fingerprint density at radius 1 is 0.857 bits per heavy atom. The average Bonchev–Trinajstić information content (AvgIpc) is 3.37. The van der Waals surface area contributed by atoms with Gasteiger partial charge < -0.3 is 14.4 Å². The van der Waals surface area contributed by atoms with Gasteiger partial charge in [0.15, 0.2) is 0 Å². The maximum atomic E-state index is 12.9. The molecule has 0 radical (unpaired) electrons. The molecule has 2 fully saturated rings. The van der Waals surface area contributed by atoms with E-state index in [1.165, 1.54) is 4.90 Å². The standard InChI is InChI=1S/C27H26N2O6/c1-16-3-12-22-23(13-16)26(32)29(25(22)31)19-6-10-21(11-7-19)35-27(33)17-14-24(30)28(15-17)18-4-8-20(34-2)9-5-18/h3-11,17,22-23H,12-15H2,1-2H3/t17-,22-,23-/m1/s1. The minimum absolute atomic E-state index is 0.0654. The van der Waals surface area contributed by atoms with Gasteiger partial charge in [-0.1, -0.05) is 11.6 Å². The van der Waals surface area contributed by atoms with Crippen LogP contribution in [0.15, 0.2) is 60.2 Å². The second-order valence-electron chi connectivity index (χ2n) is 9.23. The van der Waals surface area contributed by atoms with Crippen molar-refractivity contribution in [2.24, 2.45) is 17.8 Å². The number of carbonyl (C=O) groups is 4. The number of rotatable bonds is 5. The van der Waals surface area contributed by atoms with Crippen LogP contribution in [0.3, 0.4) is 0 Å². The van der Waals surface area contributed by atoms with E-state index in [1.54, 1.807) is 60.5 Å². The summed E-state index contributed by atoms with van der Waals surface area (Å²) in [5.41, 5.74) is 2.29. The number of hydrogen-bond donors (Lipinski definition) is 0. The number of benzene rings is 2. The van der Waals surface area contributed by atoms with Gasteiger partial charge in [-0.05, 0) is 68.3 Å². The van der Waals surface area contributed by atoms with Crippen LogP contribution in [0.4, 0.5) is 11.4 Å². The van der Waals surface area contributed by atoms with Gasteiger partial charge in [0, 0.05) is 18.7 Å². The summed E-state index contributed by atoms with van der Waals surface area (Å²) in [7, 11) is 1.57. The third-order valence-electron chi connectivity index (χ3n) is 6.98. The highest BCUT2D eigenvalue weighted by Gasteiger charge is 2.48. The first-order chi connectivity index (χ1) is 16.9. The largest absolute Gasteiger partial charge is 0.497 e. The number of imide groups is 1. The number of ether oxygens (including phenoxy) is 2. The zero-order valence-electron chi connectivity index (χ0n) is 19.6. The summed E-state index contributed by atoms with van der Waals surface area (Å²) in [6.45, 7) is 2.21. The van der Waals surface area contributed by atoms with Gasteiger partial charge in [0.2, 0.25) is 17.7 Å². The SMILES string of the molecule is COc1ccc(N2C[C@H](C(=O)Oc3ccc(N4C(=O)[C@@H]5CC=C(C)C[C@H]5C4=O)cc3)CC2=O)cc1. The van der Waals surface area contributed by atoms with Crippen LogP contribution in [-0.2, 0) is 19.2 Å². The summed E-state index contributed by atoms with van der Waals surface area (Å²) in [5, 5.41) is 0. The molecule has 0 spiro atoms. The van der Waals surface area contributed by atoms with E-state index in [0.29, 0.717) is 35.7 Å². The van der Waals surface area contributed by atoms with Crippen LogP contribution < -0.4 is 19.3 Å². The smallest absolute Gasteiger partial charge is 0.316 e. The molecule has 35 heavy (non-hydrogen) atoms. The van der Waals surface area contributed by atoms with Crippen molar-refractivity contribution >= 4 is 35.1 Å². The fourth-order valence-corrected chi connectivity index (χ4v) is 5.03. The molecule has 2 aliphatic heterocycles. The molecule has 0 N–H and O–H groups in total. The number of carbonyl (C=O) groups excluding carboxylic acids is 4. The highest BCUT2D eigenvalue weighted by atomic mass is 16.5. The van der Waals surface area contributed by atoms with Gasteiger partial charge in [-0.25, -0.2) is 0 Å². The molecule has 8 heteroatoms. The van der Waals surface area contributed by atoms with Gasteiger partial charge in [0.05, 0.1) is 30.6 Å². The fraction of sp³-hybridized carbons (Fsp3) is 0.333. The normalized spacial score (nSPS) is 23.9. The molecule has 2 aromatic carbocycles. The second kappa shape index (κ2) is 9.02. The Balaban J connectivity index is 1.23. The zero-order valence-corrected chi connectivity index (χ0v) is 19.6. The molecule has 0 unspecified atom stereocenters. The number of nitrogens with zero attached hydrogens (tertiary/aromatic N) is 2. The van der Waals surface area contributed by atoms with E-state index < -0.39 is 11.9 Å². The minimum atomic E-state index is -0.593. The highest BCUT2D eigenvalue weighted by molar-refractivity contribution is 6.22. The molecule has 0 saturated carbocycles. The molecule has 1 aliphatic carbocycles. The molecule has 8 nitrogen and oxygen atoms in total. The highest BCUT2D eigenvalue weighted by Crippen LogP contribution is 2.40. The van der Waals surface area contributed by atoms with Crippen molar-refractivity contribution in [2.75, 3.05) is 23.5 Å². The first kappa shape index (κ1) is 22.8. The molecule has 2 saturated heterocycles. The van der Waals surface area contributed by atoms with Crippen molar-refractivity contribution in [3.63, 3.8) is 0 Å². The van der Waals surface area contributed by atoms with Crippen molar-refractivity contribution < 1.29 is 28.7 Å². The summed E-state index contributed by atoms with van der Waals surface area (Å²) in [6.07, 6.45) is 3.29. The molecule has 180 valence electrons. The van der Waals surface area contributed by atoms with E-state index in [4.69, 9.17) is 9.47 Å². The first-order valence-electron chi connectivity index (χ1n) is 11.7. The summed E-state index contributed by atoms with van der Waals surface area (Å²) >= 11 is 0. The Labute approximate surface area is 203 Å². The predicted octanol–water partition coefficient (Wildman–Crippen LogP) is 3.50. The lowest BCUT2D eigenvalue weighted by atomic mass is 9.82. The van der Waals surface area contributed by atoms with E-state index in [0.717, 1.165) is 5.57 Å². The molecular formula is C27H26N2O6. The molecule has 2 aromatic rings. The summed E-state index contributed by atoms with van der Waals surface area (Å²) < 4.78 is 10.7. The van der Waals surface area contributed by atoms with E-state index in [9.17, 15) is 19.2 Å². The van der Waals surface area contributed by atoms with Gasteiger partial charge in [0.25, 0.3) is 0 Å². The summed E-state index contributed by atoms with van der Waals surface area (Å²) in [5.74, 6) is -1.24. The van der Waals surface area contributed by atoms with E-state index in [1.807, 2.05) is 13.0 Å². The Morgan fingerprint density at radius 2 is 1.49 bits per heavy atom.